The zero-order valence-electron chi connectivity index (χ0n) is 10.9. The standard InChI is InChI=1S/C14H21NO2/c1-14(17)8-4-5-10-6-7-11(9-12(10)14)13(16)15(2)3/h6,9,12,17H,4-5,7-8H2,1-3H3/t12-,14-/m0/s1. The molecule has 1 saturated carbocycles. The van der Waals surface area contributed by atoms with Gasteiger partial charge in [0.05, 0.1) is 5.60 Å². The van der Waals surface area contributed by atoms with Crippen LogP contribution >= 0.6 is 0 Å². The number of rotatable bonds is 1. The lowest BCUT2D eigenvalue weighted by molar-refractivity contribution is -0.124. The maximum atomic E-state index is 11.9. The lowest BCUT2D eigenvalue weighted by atomic mass is 9.70. The summed E-state index contributed by atoms with van der Waals surface area (Å²) in [5, 5.41) is 10.4. The Balaban J connectivity index is 2.26. The van der Waals surface area contributed by atoms with Crippen LogP contribution in [0.3, 0.4) is 0 Å². The Bertz CT molecular complexity index is 391. The van der Waals surface area contributed by atoms with Crippen LogP contribution in [-0.2, 0) is 4.79 Å². The Hall–Kier alpha value is -1.09. The molecule has 0 bridgehead atoms. The number of nitrogens with zero attached hydrogens (tertiary/aromatic N) is 1. The Kier molecular flexibility index (Phi) is 3.13. The number of carbonyl (C=O) groups is 1. The first-order chi connectivity index (χ1) is 7.92. The first-order valence-electron chi connectivity index (χ1n) is 6.25. The van der Waals surface area contributed by atoms with Crippen LogP contribution in [0.15, 0.2) is 23.3 Å². The van der Waals surface area contributed by atoms with E-state index in [9.17, 15) is 9.90 Å². The average Bonchev–Trinajstić information content (AvgIpc) is 2.27. The number of carbonyl (C=O) groups excluding carboxylic acids is 1. The lowest BCUT2D eigenvalue weighted by Crippen LogP contribution is -2.39. The second-order valence-electron chi connectivity index (χ2n) is 5.56. The van der Waals surface area contributed by atoms with E-state index in [-0.39, 0.29) is 11.8 Å². The zero-order chi connectivity index (χ0) is 12.6. The molecule has 0 heterocycles. The smallest absolute Gasteiger partial charge is 0.249 e. The van der Waals surface area contributed by atoms with Gasteiger partial charge in [-0.1, -0.05) is 17.7 Å². The van der Waals surface area contributed by atoms with E-state index >= 15 is 0 Å². The van der Waals surface area contributed by atoms with E-state index in [0.29, 0.717) is 6.42 Å². The third-order valence-electron chi connectivity index (χ3n) is 3.85. The molecule has 0 unspecified atom stereocenters. The van der Waals surface area contributed by atoms with Gasteiger partial charge in [-0.2, -0.15) is 0 Å². The van der Waals surface area contributed by atoms with Crippen molar-refractivity contribution < 1.29 is 9.90 Å². The van der Waals surface area contributed by atoms with E-state index in [4.69, 9.17) is 0 Å². The molecule has 1 N–H and O–H groups in total. The van der Waals surface area contributed by atoms with E-state index in [2.05, 4.69) is 6.08 Å². The van der Waals surface area contributed by atoms with Crippen molar-refractivity contribution >= 4 is 5.91 Å². The minimum absolute atomic E-state index is 0.0314. The van der Waals surface area contributed by atoms with Crippen molar-refractivity contribution in [1.29, 1.82) is 0 Å². The molecule has 2 aliphatic rings. The number of fused-ring (bicyclic) bond motifs is 1. The van der Waals surface area contributed by atoms with E-state index in [1.54, 1.807) is 19.0 Å². The molecule has 0 radical (unpaired) electrons. The first-order valence-corrected chi connectivity index (χ1v) is 6.25. The highest BCUT2D eigenvalue weighted by molar-refractivity contribution is 5.93. The van der Waals surface area contributed by atoms with Gasteiger partial charge in [-0.3, -0.25) is 4.79 Å². The number of likely N-dealkylation sites (N-methyl/N-ethyl adjacent to an activating group) is 1. The van der Waals surface area contributed by atoms with Crippen molar-refractivity contribution in [3.8, 4) is 0 Å². The van der Waals surface area contributed by atoms with Gasteiger partial charge in [-0.25, -0.2) is 0 Å². The third-order valence-corrected chi connectivity index (χ3v) is 3.85. The number of hydrogen-bond acceptors (Lipinski definition) is 2. The summed E-state index contributed by atoms with van der Waals surface area (Å²) in [4.78, 5) is 13.5. The molecule has 0 aromatic rings. The highest BCUT2D eigenvalue weighted by Crippen LogP contribution is 2.41. The Labute approximate surface area is 103 Å². The number of aliphatic hydroxyl groups is 1. The van der Waals surface area contributed by atoms with E-state index in [0.717, 1.165) is 24.8 Å². The molecule has 0 aromatic heterocycles. The summed E-state index contributed by atoms with van der Waals surface area (Å²) >= 11 is 0. The zero-order valence-corrected chi connectivity index (χ0v) is 10.9. The molecule has 3 heteroatoms. The first kappa shape index (κ1) is 12.4. The number of amides is 1. The van der Waals surface area contributed by atoms with Crippen molar-refractivity contribution in [1.82, 2.24) is 4.90 Å². The summed E-state index contributed by atoms with van der Waals surface area (Å²) in [5.74, 6) is 0.0885. The maximum absolute atomic E-state index is 11.9. The predicted octanol–water partition coefficient (Wildman–Crippen LogP) is 1.88. The molecule has 2 aliphatic carbocycles. The molecule has 0 aliphatic heterocycles. The maximum Gasteiger partial charge on any atom is 0.249 e. The summed E-state index contributed by atoms with van der Waals surface area (Å²) < 4.78 is 0. The van der Waals surface area contributed by atoms with Gasteiger partial charge in [0.15, 0.2) is 0 Å². The van der Waals surface area contributed by atoms with Crippen LogP contribution in [0.5, 0.6) is 0 Å². The van der Waals surface area contributed by atoms with Crippen molar-refractivity contribution in [2.45, 2.75) is 38.2 Å². The topological polar surface area (TPSA) is 40.5 Å². The predicted molar refractivity (Wildman–Crippen MR) is 67.4 cm³/mol. The average molecular weight is 235 g/mol. The summed E-state index contributed by atoms with van der Waals surface area (Å²) in [6, 6.07) is 0. The molecule has 1 fully saturated rings. The van der Waals surface area contributed by atoms with Gasteiger partial charge < -0.3 is 10.0 Å². The molecule has 3 nitrogen and oxygen atoms in total. The number of allylic oxidation sites excluding steroid dienone is 1. The minimum Gasteiger partial charge on any atom is -0.389 e. The van der Waals surface area contributed by atoms with E-state index in [1.807, 2.05) is 13.0 Å². The van der Waals surface area contributed by atoms with Crippen LogP contribution in [-0.4, -0.2) is 35.6 Å². The van der Waals surface area contributed by atoms with Crippen molar-refractivity contribution in [3.05, 3.63) is 23.3 Å². The summed E-state index contributed by atoms with van der Waals surface area (Å²) in [5.41, 5.74) is 1.42. The molecule has 1 amide bonds. The number of hydrogen-bond donors (Lipinski definition) is 1. The fourth-order valence-corrected chi connectivity index (χ4v) is 2.83. The van der Waals surface area contributed by atoms with Gasteiger partial charge in [-0.15, -0.1) is 0 Å². The summed E-state index contributed by atoms with van der Waals surface area (Å²) in [6.07, 6.45) is 7.74. The normalized spacial score (nSPS) is 32.4. The highest BCUT2D eigenvalue weighted by atomic mass is 16.3. The molecular weight excluding hydrogens is 214 g/mol. The summed E-state index contributed by atoms with van der Waals surface area (Å²) in [7, 11) is 3.53. The highest BCUT2D eigenvalue weighted by Gasteiger charge is 2.38. The lowest BCUT2D eigenvalue weighted by Gasteiger charge is -2.39. The van der Waals surface area contributed by atoms with Crippen LogP contribution in [0.2, 0.25) is 0 Å². The molecule has 17 heavy (non-hydrogen) atoms. The van der Waals surface area contributed by atoms with Crippen LogP contribution < -0.4 is 0 Å². The van der Waals surface area contributed by atoms with Crippen LogP contribution in [0.4, 0.5) is 0 Å². The quantitative estimate of drug-likeness (QED) is 0.705. The van der Waals surface area contributed by atoms with Crippen molar-refractivity contribution in [3.63, 3.8) is 0 Å². The van der Waals surface area contributed by atoms with Gasteiger partial charge >= 0.3 is 0 Å². The third kappa shape index (κ3) is 2.29. The Morgan fingerprint density at radius 3 is 2.88 bits per heavy atom. The van der Waals surface area contributed by atoms with Crippen molar-refractivity contribution in [2.75, 3.05) is 14.1 Å². The fraction of sp³-hybridized carbons (Fsp3) is 0.643. The van der Waals surface area contributed by atoms with Crippen molar-refractivity contribution in [2.24, 2.45) is 5.92 Å². The van der Waals surface area contributed by atoms with Gasteiger partial charge in [0.2, 0.25) is 5.91 Å². The van der Waals surface area contributed by atoms with Crippen LogP contribution in [0.25, 0.3) is 0 Å². The second-order valence-corrected chi connectivity index (χ2v) is 5.56. The Morgan fingerprint density at radius 2 is 2.24 bits per heavy atom. The molecule has 2 rings (SSSR count). The van der Waals surface area contributed by atoms with Crippen LogP contribution in [0, 0.1) is 5.92 Å². The van der Waals surface area contributed by atoms with Gasteiger partial charge in [0.25, 0.3) is 0 Å². The van der Waals surface area contributed by atoms with Gasteiger partial charge in [0.1, 0.15) is 0 Å². The van der Waals surface area contributed by atoms with E-state index < -0.39 is 5.60 Å². The molecular formula is C14H21NO2. The van der Waals surface area contributed by atoms with E-state index in [1.165, 1.54) is 5.57 Å². The second kappa shape index (κ2) is 4.30. The largest absolute Gasteiger partial charge is 0.389 e. The monoisotopic (exact) mass is 235 g/mol. The Morgan fingerprint density at radius 1 is 1.53 bits per heavy atom. The summed E-state index contributed by atoms with van der Waals surface area (Å²) in [6.45, 7) is 1.88. The van der Waals surface area contributed by atoms with Gasteiger partial charge in [-0.05, 0) is 32.6 Å². The molecule has 0 aromatic carbocycles. The fourth-order valence-electron chi connectivity index (χ4n) is 2.83. The molecule has 2 atom stereocenters. The minimum atomic E-state index is -0.692. The SMILES string of the molecule is CN(C)C(=O)C1=C[C@H]2C(=CC1)CCC[C@]2(C)O. The van der Waals surface area contributed by atoms with Gasteiger partial charge in [0, 0.05) is 25.6 Å². The van der Waals surface area contributed by atoms with Crippen LogP contribution in [0.1, 0.15) is 32.6 Å². The molecule has 0 spiro atoms. The molecule has 0 saturated heterocycles. The molecule has 94 valence electrons.